The van der Waals surface area contributed by atoms with Crippen molar-refractivity contribution in [2.75, 3.05) is 6.54 Å². The number of aromatic hydroxyl groups is 1. The van der Waals surface area contributed by atoms with Crippen molar-refractivity contribution in [1.29, 1.82) is 0 Å². The van der Waals surface area contributed by atoms with Gasteiger partial charge in [0.2, 0.25) is 0 Å². The van der Waals surface area contributed by atoms with Gasteiger partial charge in [-0.15, -0.1) is 0 Å². The van der Waals surface area contributed by atoms with E-state index in [4.69, 9.17) is 0 Å². The highest BCUT2D eigenvalue weighted by atomic mass is 79.9. The Morgan fingerprint density at radius 1 is 1.50 bits per heavy atom. The highest BCUT2D eigenvalue weighted by Gasteiger charge is 2.23. The summed E-state index contributed by atoms with van der Waals surface area (Å²) in [4.78, 5) is 0. The lowest BCUT2D eigenvalue weighted by atomic mass is 10.0. The van der Waals surface area contributed by atoms with Crippen LogP contribution in [-0.2, 0) is 0 Å². The second-order valence-corrected chi connectivity index (χ2v) is 4.29. The van der Waals surface area contributed by atoms with Crippen LogP contribution in [0, 0.1) is 5.82 Å². The average Bonchev–Trinajstić information content (AvgIpc) is 2.65. The van der Waals surface area contributed by atoms with Gasteiger partial charge in [0, 0.05) is 11.6 Å². The molecule has 2 rings (SSSR count). The zero-order valence-corrected chi connectivity index (χ0v) is 9.14. The number of hydrogen-bond donors (Lipinski definition) is 2. The third kappa shape index (κ3) is 1.64. The zero-order valence-electron chi connectivity index (χ0n) is 7.56. The molecule has 0 saturated carbocycles. The van der Waals surface area contributed by atoms with Crippen molar-refractivity contribution in [2.45, 2.75) is 18.9 Å². The molecule has 0 aromatic heterocycles. The molecule has 1 heterocycles. The van der Waals surface area contributed by atoms with Crippen LogP contribution in [0.2, 0.25) is 0 Å². The van der Waals surface area contributed by atoms with E-state index in [0.717, 1.165) is 19.4 Å². The van der Waals surface area contributed by atoms with E-state index in [0.29, 0.717) is 10.0 Å². The number of rotatable bonds is 1. The van der Waals surface area contributed by atoms with Crippen molar-refractivity contribution >= 4 is 15.9 Å². The van der Waals surface area contributed by atoms with Crippen LogP contribution < -0.4 is 5.32 Å². The lowest BCUT2D eigenvalue weighted by Crippen LogP contribution is -2.14. The predicted octanol–water partition coefficient (Wildman–Crippen LogP) is 2.72. The van der Waals surface area contributed by atoms with Gasteiger partial charge >= 0.3 is 0 Å². The fraction of sp³-hybridized carbons (Fsp3) is 0.400. The van der Waals surface area contributed by atoms with Crippen LogP contribution in [0.1, 0.15) is 24.4 Å². The first-order valence-electron chi connectivity index (χ1n) is 4.60. The molecule has 76 valence electrons. The molecule has 2 N–H and O–H groups in total. The maximum absolute atomic E-state index is 13.5. The quantitative estimate of drug-likeness (QED) is 0.813. The van der Waals surface area contributed by atoms with Gasteiger partial charge in [-0.3, -0.25) is 0 Å². The second kappa shape index (κ2) is 3.87. The van der Waals surface area contributed by atoms with Crippen LogP contribution in [0.4, 0.5) is 4.39 Å². The van der Waals surface area contributed by atoms with Gasteiger partial charge in [0.1, 0.15) is 11.6 Å². The van der Waals surface area contributed by atoms with Crippen LogP contribution in [0.3, 0.4) is 0 Å². The Kier molecular flexibility index (Phi) is 2.74. The van der Waals surface area contributed by atoms with E-state index in [9.17, 15) is 9.50 Å². The number of nitrogens with one attached hydrogen (secondary N) is 1. The van der Waals surface area contributed by atoms with E-state index in [1.54, 1.807) is 0 Å². The summed E-state index contributed by atoms with van der Waals surface area (Å²) in [5, 5.41) is 12.9. The van der Waals surface area contributed by atoms with Gasteiger partial charge in [0.05, 0.1) is 4.47 Å². The lowest BCUT2D eigenvalue weighted by molar-refractivity contribution is 0.439. The first-order valence-corrected chi connectivity index (χ1v) is 5.39. The van der Waals surface area contributed by atoms with Gasteiger partial charge < -0.3 is 10.4 Å². The molecule has 0 amide bonds. The molecule has 1 aliphatic rings. The fourth-order valence-corrected chi connectivity index (χ4v) is 2.16. The summed E-state index contributed by atoms with van der Waals surface area (Å²) in [6.07, 6.45) is 1.90. The zero-order chi connectivity index (χ0) is 10.1. The Labute approximate surface area is 90.3 Å². The van der Waals surface area contributed by atoms with Gasteiger partial charge in [-0.1, -0.05) is 0 Å². The smallest absolute Gasteiger partial charge is 0.137 e. The van der Waals surface area contributed by atoms with Crippen LogP contribution >= 0.6 is 15.9 Å². The lowest BCUT2D eigenvalue weighted by Gasteiger charge is -2.14. The monoisotopic (exact) mass is 259 g/mol. The Balaban J connectivity index is 2.44. The van der Waals surface area contributed by atoms with E-state index < -0.39 is 0 Å². The molecule has 4 heteroatoms. The summed E-state index contributed by atoms with van der Waals surface area (Å²) in [5.74, 6) is -0.325. The molecule has 0 radical (unpaired) electrons. The summed E-state index contributed by atoms with van der Waals surface area (Å²) in [5.41, 5.74) is 0.386. The van der Waals surface area contributed by atoms with Crippen LogP contribution in [0.15, 0.2) is 16.6 Å². The largest absolute Gasteiger partial charge is 0.506 e. The van der Waals surface area contributed by atoms with E-state index in [1.807, 2.05) is 0 Å². The molecule has 1 fully saturated rings. The van der Waals surface area contributed by atoms with Crippen molar-refractivity contribution in [3.8, 4) is 5.75 Å². The summed E-state index contributed by atoms with van der Waals surface area (Å²) in [6, 6.07) is 2.84. The molecule has 1 aromatic rings. The predicted molar refractivity (Wildman–Crippen MR) is 55.7 cm³/mol. The van der Waals surface area contributed by atoms with E-state index in [1.165, 1.54) is 12.1 Å². The molecule has 0 unspecified atom stereocenters. The molecule has 0 aliphatic carbocycles. The Morgan fingerprint density at radius 3 is 2.93 bits per heavy atom. The maximum Gasteiger partial charge on any atom is 0.137 e. The number of benzene rings is 1. The summed E-state index contributed by atoms with van der Waals surface area (Å²) in [6.45, 7) is 0.885. The highest BCUT2D eigenvalue weighted by molar-refractivity contribution is 9.10. The van der Waals surface area contributed by atoms with Gasteiger partial charge in [-0.25, -0.2) is 4.39 Å². The molecule has 1 atom stereocenters. The van der Waals surface area contributed by atoms with Gasteiger partial charge in [-0.05, 0) is 47.4 Å². The SMILES string of the molecule is Oc1c(Br)ccc(F)c1[C@@H]1CCCN1. The van der Waals surface area contributed by atoms with Crippen molar-refractivity contribution in [3.05, 3.63) is 28.0 Å². The minimum absolute atomic E-state index is 0.0180. The Morgan fingerprint density at radius 2 is 2.29 bits per heavy atom. The van der Waals surface area contributed by atoms with Crippen LogP contribution in [0.5, 0.6) is 5.75 Å². The van der Waals surface area contributed by atoms with E-state index in [-0.39, 0.29) is 17.6 Å². The molecule has 1 saturated heterocycles. The first kappa shape index (κ1) is 9.93. The van der Waals surface area contributed by atoms with Gasteiger partial charge in [-0.2, -0.15) is 0 Å². The minimum atomic E-state index is -0.342. The topological polar surface area (TPSA) is 32.3 Å². The molecular weight excluding hydrogens is 249 g/mol. The molecule has 0 bridgehead atoms. The first-order chi connectivity index (χ1) is 6.70. The molecule has 2 nitrogen and oxygen atoms in total. The Bertz CT molecular complexity index is 350. The minimum Gasteiger partial charge on any atom is -0.506 e. The third-order valence-electron chi connectivity index (χ3n) is 2.52. The Hall–Kier alpha value is -0.610. The number of phenolic OH excluding ortho intramolecular Hbond substituents is 1. The van der Waals surface area contributed by atoms with Crippen molar-refractivity contribution in [3.63, 3.8) is 0 Å². The van der Waals surface area contributed by atoms with Crippen molar-refractivity contribution < 1.29 is 9.50 Å². The fourth-order valence-electron chi connectivity index (χ4n) is 1.82. The van der Waals surface area contributed by atoms with Gasteiger partial charge in [0.25, 0.3) is 0 Å². The molecule has 1 aromatic carbocycles. The maximum atomic E-state index is 13.5. The number of hydrogen-bond acceptors (Lipinski definition) is 2. The van der Waals surface area contributed by atoms with E-state index >= 15 is 0 Å². The molecular formula is C10H11BrFNO. The average molecular weight is 260 g/mol. The molecule has 0 spiro atoms. The number of halogens is 2. The standard InChI is InChI=1S/C10H11BrFNO/c11-6-3-4-7(12)9(10(6)14)8-2-1-5-13-8/h3-4,8,13-14H,1-2,5H2/t8-/m0/s1. The molecule has 1 aliphatic heterocycles. The van der Waals surface area contributed by atoms with Gasteiger partial charge in [0.15, 0.2) is 0 Å². The van der Waals surface area contributed by atoms with E-state index in [2.05, 4.69) is 21.2 Å². The summed E-state index contributed by atoms with van der Waals surface area (Å²) < 4.78 is 14.0. The molecule has 14 heavy (non-hydrogen) atoms. The van der Waals surface area contributed by atoms with Crippen LogP contribution in [-0.4, -0.2) is 11.7 Å². The second-order valence-electron chi connectivity index (χ2n) is 3.44. The summed E-state index contributed by atoms with van der Waals surface area (Å²) >= 11 is 3.18. The number of phenols is 1. The van der Waals surface area contributed by atoms with Crippen LogP contribution in [0.25, 0.3) is 0 Å². The normalized spacial score (nSPS) is 21.4. The van der Waals surface area contributed by atoms with Crippen molar-refractivity contribution in [2.24, 2.45) is 0 Å². The summed E-state index contributed by atoms with van der Waals surface area (Å²) in [7, 11) is 0. The highest BCUT2D eigenvalue weighted by Crippen LogP contribution is 2.37. The van der Waals surface area contributed by atoms with Crippen molar-refractivity contribution in [1.82, 2.24) is 5.32 Å². The third-order valence-corrected chi connectivity index (χ3v) is 3.16.